The molecule has 1 aliphatic rings. The Morgan fingerprint density at radius 1 is 1.48 bits per heavy atom. The number of aromatic nitrogens is 4. The Hall–Kier alpha value is -1.55. The average molecular weight is 316 g/mol. The van der Waals surface area contributed by atoms with E-state index in [2.05, 4.69) is 20.8 Å². The molecular formula is C11H20N6O3S. The molecule has 21 heavy (non-hydrogen) atoms. The van der Waals surface area contributed by atoms with Crippen LogP contribution < -0.4 is 5.32 Å². The molecule has 0 saturated carbocycles. The first kappa shape index (κ1) is 15.8. The van der Waals surface area contributed by atoms with Crippen molar-refractivity contribution in [2.45, 2.75) is 25.8 Å². The highest BCUT2D eigenvalue weighted by Crippen LogP contribution is 2.17. The normalized spacial score (nSPS) is 20.3. The van der Waals surface area contributed by atoms with E-state index in [1.165, 1.54) is 21.6 Å². The van der Waals surface area contributed by atoms with Gasteiger partial charge in [-0.2, -0.15) is 0 Å². The number of rotatable bonds is 6. The Morgan fingerprint density at radius 3 is 2.95 bits per heavy atom. The third kappa shape index (κ3) is 5.05. The minimum atomic E-state index is -3.14. The van der Waals surface area contributed by atoms with Crippen molar-refractivity contribution in [1.29, 1.82) is 0 Å². The molecular weight excluding hydrogens is 296 g/mol. The van der Waals surface area contributed by atoms with E-state index in [9.17, 15) is 13.2 Å². The second-order valence-electron chi connectivity index (χ2n) is 5.26. The van der Waals surface area contributed by atoms with Crippen LogP contribution in [0.3, 0.4) is 0 Å². The summed E-state index contributed by atoms with van der Waals surface area (Å²) in [6, 6.07) is 0. The predicted octanol–water partition coefficient (Wildman–Crippen LogP) is -1.15. The van der Waals surface area contributed by atoms with Crippen molar-refractivity contribution in [1.82, 2.24) is 29.8 Å². The summed E-state index contributed by atoms with van der Waals surface area (Å²) in [6.07, 6.45) is 4.74. The van der Waals surface area contributed by atoms with Crippen LogP contribution in [-0.2, 0) is 21.4 Å². The number of nitrogens with one attached hydrogen (secondary N) is 1. The van der Waals surface area contributed by atoms with Crippen LogP contribution in [0.2, 0.25) is 0 Å². The third-order valence-corrected chi connectivity index (χ3v) is 4.77. The van der Waals surface area contributed by atoms with Crippen LogP contribution in [0.5, 0.6) is 0 Å². The van der Waals surface area contributed by atoms with Gasteiger partial charge in [0.2, 0.25) is 15.9 Å². The minimum Gasteiger partial charge on any atom is -0.356 e. The van der Waals surface area contributed by atoms with Crippen LogP contribution in [0.1, 0.15) is 19.3 Å². The summed E-state index contributed by atoms with van der Waals surface area (Å²) in [4.78, 5) is 11.7. The molecule has 118 valence electrons. The lowest BCUT2D eigenvalue weighted by molar-refractivity contribution is -0.121. The number of aryl methyl sites for hydroxylation is 1. The summed E-state index contributed by atoms with van der Waals surface area (Å²) in [5, 5.41) is 13.5. The van der Waals surface area contributed by atoms with Crippen molar-refractivity contribution in [3.63, 3.8) is 0 Å². The number of tetrazole rings is 1. The molecule has 0 unspecified atom stereocenters. The van der Waals surface area contributed by atoms with Crippen LogP contribution in [0.25, 0.3) is 0 Å². The largest absolute Gasteiger partial charge is 0.356 e. The van der Waals surface area contributed by atoms with Crippen LogP contribution in [-0.4, -0.2) is 64.7 Å². The van der Waals surface area contributed by atoms with Gasteiger partial charge in [0.25, 0.3) is 0 Å². The van der Waals surface area contributed by atoms with Crippen molar-refractivity contribution >= 4 is 15.9 Å². The Balaban J connectivity index is 1.71. The topological polar surface area (TPSA) is 110 Å². The molecule has 1 atom stereocenters. The quantitative estimate of drug-likeness (QED) is 0.709. The molecule has 0 spiro atoms. The van der Waals surface area contributed by atoms with Gasteiger partial charge in [0.05, 0.1) is 12.8 Å². The van der Waals surface area contributed by atoms with Crippen molar-refractivity contribution in [3.05, 3.63) is 6.33 Å². The molecule has 1 aliphatic heterocycles. The molecule has 10 heteroatoms. The van der Waals surface area contributed by atoms with Gasteiger partial charge in [-0.1, -0.05) is 0 Å². The SMILES string of the molecule is CS(=O)(=O)N1CCC[C@@H](CNC(=O)CCn2cnnn2)C1. The molecule has 1 amide bonds. The van der Waals surface area contributed by atoms with E-state index in [1.807, 2.05) is 0 Å². The average Bonchev–Trinajstić information content (AvgIpc) is 2.95. The lowest BCUT2D eigenvalue weighted by Crippen LogP contribution is -2.43. The fraction of sp³-hybridized carbons (Fsp3) is 0.818. The number of sulfonamides is 1. The zero-order valence-corrected chi connectivity index (χ0v) is 12.8. The predicted molar refractivity (Wildman–Crippen MR) is 74.6 cm³/mol. The van der Waals surface area contributed by atoms with Crippen molar-refractivity contribution < 1.29 is 13.2 Å². The van der Waals surface area contributed by atoms with Crippen LogP contribution in [0, 0.1) is 5.92 Å². The fourth-order valence-electron chi connectivity index (χ4n) is 2.34. The summed E-state index contributed by atoms with van der Waals surface area (Å²) >= 11 is 0. The highest BCUT2D eigenvalue weighted by Gasteiger charge is 2.25. The second-order valence-corrected chi connectivity index (χ2v) is 7.24. The van der Waals surface area contributed by atoms with Crippen LogP contribution in [0.4, 0.5) is 0 Å². The number of piperidine rings is 1. The smallest absolute Gasteiger partial charge is 0.221 e. The highest BCUT2D eigenvalue weighted by molar-refractivity contribution is 7.88. The van der Waals surface area contributed by atoms with Crippen molar-refractivity contribution in [2.75, 3.05) is 25.9 Å². The van der Waals surface area contributed by atoms with E-state index < -0.39 is 10.0 Å². The molecule has 9 nitrogen and oxygen atoms in total. The number of nitrogens with zero attached hydrogens (tertiary/aromatic N) is 5. The van der Waals surface area contributed by atoms with E-state index in [0.717, 1.165) is 12.8 Å². The van der Waals surface area contributed by atoms with Gasteiger partial charge in [0.1, 0.15) is 6.33 Å². The monoisotopic (exact) mass is 316 g/mol. The van der Waals surface area contributed by atoms with Crippen LogP contribution in [0.15, 0.2) is 6.33 Å². The maximum Gasteiger partial charge on any atom is 0.221 e. The molecule has 1 N–H and O–H groups in total. The summed E-state index contributed by atoms with van der Waals surface area (Å²) in [5.41, 5.74) is 0. The zero-order valence-electron chi connectivity index (χ0n) is 12.0. The molecule has 0 radical (unpaired) electrons. The first-order valence-corrected chi connectivity index (χ1v) is 8.72. The lowest BCUT2D eigenvalue weighted by atomic mass is 10.00. The summed E-state index contributed by atoms with van der Waals surface area (Å²) in [5.74, 6) is 0.0902. The molecule has 1 fully saturated rings. The molecule has 1 aromatic heterocycles. The van der Waals surface area contributed by atoms with Gasteiger partial charge in [-0.15, -0.1) is 5.10 Å². The molecule has 0 bridgehead atoms. The summed E-state index contributed by atoms with van der Waals surface area (Å²) in [7, 11) is -3.14. The van der Waals surface area contributed by atoms with E-state index in [-0.39, 0.29) is 11.8 Å². The maximum atomic E-state index is 11.7. The van der Waals surface area contributed by atoms with E-state index >= 15 is 0 Å². The second kappa shape index (κ2) is 6.94. The maximum absolute atomic E-state index is 11.7. The van der Waals surface area contributed by atoms with E-state index in [4.69, 9.17) is 0 Å². The lowest BCUT2D eigenvalue weighted by Gasteiger charge is -2.30. The molecule has 0 aliphatic carbocycles. The summed E-state index contributed by atoms with van der Waals surface area (Å²) in [6.45, 7) is 1.98. The van der Waals surface area contributed by atoms with Crippen molar-refractivity contribution in [3.8, 4) is 0 Å². The molecule has 0 aromatic carbocycles. The number of hydrogen-bond donors (Lipinski definition) is 1. The third-order valence-electron chi connectivity index (χ3n) is 3.50. The van der Waals surface area contributed by atoms with Gasteiger partial charge >= 0.3 is 0 Å². The van der Waals surface area contributed by atoms with E-state index in [0.29, 0.717) is 32.6 Å². The van der Waals surface area contributed by atoms with E-state index in [1.54, 1.807) is 0 Å². The van der Waals surface area contributed by atoms with Gasteiger partial charge < -0.3 is 5.32 Å². The molecule has 2 heterocycles. The fourth-order valence-corrected chi connectivity index (χ4v) is 3.28. The van der Waals surface area contributed by atoms with Gasteiger partial charge in [0, 0.05) is 26.1 Å². The molecule has 1 saturated heterocycles. The van der Waals surface area contributed by atoms with Gasteiger partial charge in [0.15, 0.2) is 0 Å². The number of carbonyl (C=O) groups excluding carboxylic acids is 1. The minimum absolute atomic E-state index is 0.0815. The molecule has 2 rings (SSSR count). The Kier molecular flexibility index (Phi) is 5.23. The number of carbonyl (C=O) groups is 1. The zero-order chi connectivity index (χ0) is 15.3. The van der Waals surface area contributed by atoms with Crippen molar-refractivity contribution in [2.24, 2.45) is 5.92 Å². The number of amides is 1. The van der Waals surface area contributed by atoms with Gasteiger partial charge in [-0.05, 0) is 29.2 Å². The first-order chi connectivity index (χ1) is 9.95. The Morgan fingerprint density at radius 2 is 2.29 bits per heavy atom. The Bertz CT molecular complexity index is 559. The Labute approximate surface area is 123 Å². The molecule has 1 aromatic rings. The van der Waals surface area contributed by atoms with Gasteiger partial charge in [-0.3, -0.25) is 4.79 Å². The number of hydrogen-bond acceptors (Lipinski definition) is 6. The standard InChI is InChI=1S/C11H20N6O3S/c1-21(19,20)17-5-2-3-10(8-17)7-12-11(18)4-6-16-9-13-14-15-16/h9-10H,2-8H2,1H3,(H,12,18)/t10-/m0/s1. The van der Waals surface area contributed by atoms with Gasteiger partial charge in [-0.25, -0.2) is 17.4 Å². The first-order valence-electron chi connectivity index (χ1n) is 6.88. The highest BCUT2D eigenvalue weighted by atomic mass is 32.2. The van der Waals surface area contributed by atoms with Crippen LogP contribution >= 0.6 is 0 Å². The summed E-state index contributed by atoms with van der Waals surface area (Å²) < 4.78 is 26.0.